The van der Waals surface area contributed by atoms with Gasteiger partial charge in [-0.25, -0.2) is 4.98 Å². The van der Waals surface area contributed by atoms with E-state index in [0.717, 1.165) is 11.3 Å². The molecule has 0 radical (unpaired) electrons. The summed E-state index contributed by atoms with van der Waals surface area (Å²) in [6.45, 7) is 4.27. The van der Waals surface area contributed by atoms with Gasteiger partial charge in [0.1, 0.15) is 17.9 Å². The van der Waals surface area contributed by atoms with Crippen molar-refractivity contribution in [1.29, 1.82) is 0 Å². The van der Waals surface area contributed by atoms with Gasteiger partial charge in [0.25, 0.3) is 5.91 Å². The van der Waals surface area contributed by atoms with Gasteiger partial charge in [-0.15, -0.1) is 0 Å². The molecule has 0 atom stereocenters. The molecule has 2 rings (SSSR count). The Labute approximate surface area is 111 Å². The standard InChI is InChI=1S/C13H16N4O2/c1-9-3-4-11(10(2)5-9)19-7-13(18)14-6-12-15-8-16-17-12/h3-5,8H,6-7H2,1-2H3,(H,14,18)(H,15,16,17). The number of hydrogen-bond donors (Lipinski definition) is 2. The van der Waals surface area contributed by atoms with Crippen LogP contribution in [0.15, 0.2) is 24.5 Å². The van der Waals surface area contributed by atoms with E-state index in [1.54, 1.807) is 0 Å². The molecule has 0 aliphatic carbocycles. The molecule has 19 heavy (non-hydrogen) atoms. The first-order chi connectivity index (χ1) is 9.15. The maximum atomic E-state index is 11.6. The molecule has 0 saturated heterocycles. The van der Waals surface area contributed by atoms with Gasteiger partial charge < -0.3 is 10.1 Å². The van der Waals surface area contributed by atoms with Crippen molar-refractivity contribution in [3.8, 4) is 5.75 Å². The minimum Gasteiger partial charge on any atom is -0.484 e. The third-order valence-electron chi connectivity index (χ3n) is 2.61. The summed E-state index contributed by atoms with van der Waals surface area (Å²) < 4.78 is 5.47. The number of aromatic amines is 1. The highest BCUT2D eigenvalue weighted by atomic mass is 16.5. The van der Waals surface area contributed by atoms with Gasteiger partial charge in [-0.05, 0) is 25.5 Å². The maximum Gasteiger partial charge on any atom is 0.258 e. The normalized spacial score (nSPS) is 10.2. The van der Waals surface area contributed by atoms with Gasteiger partial charge in [0.15, 0.2) is 6.61 Å². The summed E-state index contributed by atoms with van der Waals surface area (Å²) in [4.78, 5) is 15.5. The summed E-state index contributed by atoms with van der Waals surface area (Å²) in [5.74, 6) is 1.14. The smallest absolute Gasteiger partial charge is 0.258 e. The van der Waals surface area contributed by atoms with Crippen molar-refractivity contribution in [3.63, 3.8) is 0 Å². The van der Waals surface area contributed by atoms with E-state index in [0.29, 0.717) is 12.4 Å². The van der Waals surface area contributed by atoms with Crippen LogP contribution in [0.2, 0.25) is 0 Å². The fraction of sp³-hybridized carbons (Fsp3) is 0.308. The van der Waals surface area contributed by atoms with Crippen LogP contribution in [0.1, 0.15) is 17.0 Å². The lowest BCUT2D eigenvalue weighted by molar-refractivity contribution is -0.123. The number of aryl methyl sites for hydroxylation is 2. The van der Waals surface area contributed by atoms with Crippen LogP contribution in [-0.4, -0.2) is 27.7 Å². The topological polar surface area (TPSA) is 79.9 Å². The summed E-state index contributed by atoms with van der Waals surface area (Å²) in [7, 11) is 0. The van der Waals surface area contributed by atoms with Crippen molar-refractivity contribution in [2.75, 3.05) is 6.61 Å². The molecule has 0 aliphatic rings. The molecular formula is C13H16N4O2. The van der Waals surface area contributed by atoms with Gasteiger partial charge in [-0.3, -0.25) is 9.89 Å². The minimum atomic E-state index is -0.198. The van der Waals surface area contributed by atoms with Crippen LogP contribution >= 0.6 is 0 Å². The van der Waals surface area contributed by atoms with Gasteiger partial charge >= 0.3 is 0 Å². The van der Waals surface area contributed by atoms with Crippen LogP contribution < -0.4 is 10.1 Å². The Morgan fingerprint density at radius 3 is 2.95 bits per heavy atom. The SMILES string of the molecule is Cc1ccc(OCC(=O)NCc2ncn[nH]2)c(C)c1. The second-order valence-corrected chi connectivity index (χ2v) is 4.27. The zero-order valence-corrected chi connectivity index (χ0v) is 10.9. The van der Waals surface area contributed by atoms with Crippen molar-refractivity contribution in [1.82, 2.24) is 20.5 Å². The van der Waals surface area contributed by atoms with Crippen LogP contribution in [0, 0.1) is 13.8 Å². The number of carbonyl (C=O) groups excluding carboxylic acids is 1. The molecule has 1 amide bonds. The fourth-order valence-corrected chi connectivity index (χ4v) is 1.65. The Hall–Kier alpha value is -2.37. The predicted molar refractivity (Wildman–Crippen MR) is 69.6 cm³/mol. The number of ether oxygens (including phenoxy) is 1. The maximum absolute atomic E-state index is 11.6. The lowest BCUT2D eigenvalue weighted by Gasteiger charge is -2.09. The van der Waals surface area contributed by atoms with Crippen molar-refractivity contribution < 1.29 is 9.53 Å². The molecule has 1 aromatic heterocycles. The summed E-state index contributed by atoms with van der Waals surface area (Å²) in [6, 6.07) is 5.84. The van der Waals surface area contributed by atoms with Gasteiger partial charge in [0.05, 0.1) is 6.54 Å². The Bertz CT molecular complexity index is 552. The number of nitrogens with one attached hydrogen (secondary N) is 2. The van der Waals surface area contributed by atoms with E-state index in [1.807, 2.05) is 32.0 Å². The molecule has 0 bridgehead atoms. The molecule has 2 N–H and O–H groups in total. The molecule has 1 heterocycles. The third kappa shape index (κ3) is 3.80. The van der Waals surface area contributed by atoms with E-state index in [9.17, 15) is 4.79 Å². The van der Waals surface area contributed by atoms with Crippen molar-refractivity contribution in [2.24, 2.45) is 0 Å². The van der Waals surface area contributed by atoms with E-state index in [-0.39, 0.29) is 12.5 Å². The zero-order chi connectivity index (χ0) is 13.7. The number of carbonyl (C=O) groups is 1. The van der Waals surface area contributed by atoms with Gasteiger partial charge in [-0.2, -0.15) is 5.10 Å². The van der Waals surface area contributed by atoms with E-state index >= 15 is 0 Å². The van der Waals surface area contributed by atoms with E-state index in [1.165, 1.54) is 11.9 Å². The summed E-state index contributed by atoms with van der Waals surface area (Å²) in [6.07, 6.45) is 1.40. The van der Waals surface area contributed by atoms with Crippen LogP contribution in [0.25, 0.3) is 0 Å². The van der Waals surface area contributed by atoms with Gasteiger partial charge in [-0.1, -0.05) is 17.7 Å². The van der Waals surface area contributed by atoms with Gasteiger partial charge in [0.2, 0.25) is 0 Å². The molecule has 6 heteroatoms. The second-order valence-electron chi connectivity index (χ2n) is 4.27. The molecule has 0 saturated carbocycles. The quantitative estimate of drug-likeness (QED) is 0.844. The highest BCUT2D eigenvalue weighted by molar-refractivity contribution is 5.77. The second kappa shape index (κ2) is 5.99. The molecule has 0 spiro atoms. The van der Waals surface area contributed by atoms with Crippen molar-refractivity contribution >= 4 is 5.91 Å². The molecule has 6 nitrogen and oxygen atoms in total. The Morgan fingerprint density at radius 1 is 1.42 bits per heavy atom. The van der Waals surface area contributed by atoms with Gasteiger partial charge in [0, 0.05) is 0 Å². The summed E-state index contributed by atoms with van der Waals surface area (Å²) in [5, 5.41) is 9.05. The molecule has 0 aliphatic heterocycles. The monoisotopic (exact) mass is 260 g/mol. The number of hydrogen-bond acceptors (Lipinski definition) is 4. The third-order valence-corrected chi connectivity index (χ3v) is 2.61. The lowest BCUT2D eigenvalue weighted by atomic mass is 10.1. The first kappa shape index (κ1) is 13.1. The van der Waals surface area contributed by atoms with Crippen molar-refractivity contribution in [2.45, 2.75) is 20.4 Å². The van der Waals surface area contributed by atoms with Crippen LogP contribution in [0.4, 0.5) is 0 Å². The number of H-pyrrole nitrogens is 1. The first-order valence-electron chi connectivity index (χ1n) is 5.96. The largest absolute Gasteiger partial charge is 0.484 e. The molecule has 2 aromatic rings. The average molecular weight is 260 g/mol. The fourth-order valence-electron chi connectivity index (χ4n) is 1.65. The number of benzene rings is 1. The molecular weight excluding hydrogens is 244 g/mol. The van der Waals surface area contributed by atoms with E-state index < -0.39 is 0 Å². The number of rotatable bonds is 5. The molecule has 0 unspecified atom stereocenters. The minimum absolute atomic E-state index is 0.0158. The highest BCUT2D eigenvalue weighted by Gasteiger charge is 2.05. The number of nitrogens with zero attached hydrogens (tertiary/aromatic N) is 2. The Morgan fingerprint density at radius 2 is 2.26 bits per heavy atom. The predicted octanol–water partition coefficient (Wildman–Crippen LogP) is 1.12. The van der Waals surface area contributed by atoms with Crippen LogP contribution in [0.3, 0.4) is 0 Å². The first-order valence-corrected chi connectivity index (χ1v) is 5.96. The van der Waals surface area contributed by atoms with E-state index in [2.05, 4.69) is 20.5 Å². The molecule has 0 fully saturated rings. The molecule has 1 aromatic carbocycles. The van der Waals surface area contributed by atoms with Crippen LogP contribution in [-0.2, 0) is 11.3 Å². The molecule has 100 valence electrons. The van der Waals surface area contributed by atoms with E-state index in [4.69, 9.17) is 4.74 Å². The van der Waals surface area contributed by atoms with Crippen LogP contribution in [0.5, 0.6) is 5.75 Å². The van der Waals surface area contributed by atoms with Crippen molar-refractivity contribution in [3.05, 3.63) is 41.5 Å². The summed E-state index contributed by atoms with van der Waals surface area (Å²) in [5.41, 5.74) is 2.18. The number of aromatic nitrogens is 3. The Balaban J connectivity index is 1.80. The average Bonchev–Trinajstić information content (AvgIpc) is 2.88. The highest BCUT2D eigenvalue weighted by Crippen LogP contribution is 2.18. The number of amides is 1. The lowest BCUT2D eigenvalue weighted by Crippen LogP contribution is -2.28. The zero-order valence-electron chi connectivity index (χ0n) is 10.9. The Kier molecular flexibility index (Phi) is 4.12. The summed E-state index contributed by atoms with van der Waals surface area (Å²) >= 11 is 0.